The normalized spacial score (nSPS) is 40.2. The molecule has 8 atom stereocenters. The highest BCUT2D eigenvalue weighted by atomic mass is 32.2. The van der Waals surface area contributed by atoms with Gasteiger partial charge in [-0.25, -0.2) is 4.39 Å². The van der Waals surface area contributed by atoms with Crippen molar-refractivity contribution in [2.24, 2.45) is 34.0 Å². The second-order valence-electron chi connectivity index (χ2n) is 12.5. The number of hydrogen-bond acceptors (Lipinski definition) is 7. The first kappa shape index (κ1) is 27.9. The van der Waals surface area contributed by atoms with E-state index in [1.807, 2.05) is 6.92 Å². The standard InChI is InChI=1S/C29H38BFO6S/c1-6-27(4)13-21(37-22(33)15-38-20-8-7-18-14-36-30(35)23(18)24(20)31)28(5)16(2)9-11-29(17(3)26(27)34)12-10-19(32)25(28)29/h6-8,16-17,21,25-26,34-35H,1,9-15H2,2-5H3/t16-,17+,21?,25+,26+,27-,28+,29+/m1/s1. The van der Waals surface area contributed by atoms with Gasteiger partial charge in [0, 0.05) is 33.5 Å². The topological polar surface area (TPSA) is 93.1 Å². The number of ether oxygens (including phenoxy) is 1. The third kappa shape index (κ3) is 4.02. The van der Waals surface area contributed by atoms with Crippen LogP contribution in [0.5, 0.6) is 0 Å². The molecular weight excluding hydrogens is 506 g/mol. The Balaban J connectivity index is 1.44. The first-order valence-electron chi connectivity index (χ1n) is 13.7. The molecule has 4 aliphatic rings. The lowest BCUT2D eigenvalue weighted by Gasteiger charge is -2.61. The van der Waals surface area contributed by atoms with Crippen molar-refractivity contribution in [3.8, 4) is 0 Å². The molecule has 1 aromatic rings. The second-order valence-corrected chi connectivity index (χ2v) is 13.5. The molecule has 0 saturated heterocycles. The summed E-state index contributed by atoms with van der Waals surface area (Å²) in [6.45, 7) is 12.5. The molecule has 9 heteroatoms. The number of carbonyl (C=O) groups excluding carboxylic acids is 2. The van der Waals surface area contributed by atoms with Crippen LogP contribution >= 0.6 is 11.8 Å². The van der Waals surface area contributed by atoms with Gasteiger partial charge in [-0.3, -0.25) is 9.59 Å². The molecule has 0 spiro atoms. The van der Waals surface area contributed by atoms with Crippen molar-refractivity contribution in [2.45, 2.75) is 83.5 Å². The summed E-state index contributed by atoms with van der Waals surface area (Å²) < 4.78 is 26.4. The van der Waals surface area contributed by atoms with Crippen LogP contribution in [0.2, 0.25) is 0 Å². The summed E-state index contributed by atoms with van der Waals surface area (Å²) in [5.41, 5.74) is -0.921. The van der Waals surface area contributed by atoms with E-state index < -0.39 is 41.9 Å². The fraction of sp³-hybridized carbons (Fsp3) is 0.655. The number of ketones is 1. The Morgan fingerprint density at radius 2 is 2.08 bits per heavy atom. The predicted molar refractivity (Wildman–Crippen MR) is 144 cm³/mol. The molecule has 3 fully saturated rings. The Morgan fingerprint density at radius 1 is 1.34 bits per heavy atom. The van der Waals surface area contributed by atoms with Gasteiger partial charge in [0.2, 0.25) is 0 Å². The monoisotopic (exact) mass is 544 g/mol. The van der Waals surface area contributed by atoms with Crippen molar-refractivity contribution in [3.05, 3.63) is 36.2 Å². The van der Waals surface area contributed by atoms with Gasteiger partial charge in [0.25, 0.3) is 0 Å². The number of aliphatic hydroxyl groups excluding tert-OH is 1. The van der Waals surface area contributed by atoms with Crippen LogP contribution in [0.1, 0.15) is 65.4 Å². The van der Waals surface area contributed by atoms with E-state index in [1.165, 1.54) is 0 Å². The zero-order valence-electron chi connectivity index (χ0n) is 22.7. The number of halogens is 1. The van der Waals surface area contributed by atoms with E-state index in [-0.39, 0.29) is 51.7 Å². The highest BCUT2D eigenvalue weighted by molar-refractivity contribution is 8.00. The van der Waals surface area contributed by atoms with E-state index in [4.69, 9.17) is 9.39 Å². The number of rotatable bonds is 5. The number of esters is 1. The van der Waals surface area contributed by atoms with Gasteiger partial charge in [0.05, 0.1) is 18.5 Å². The summed E-state index contributed by atoms with van der Waals surface area (Å²) >= 11 is 1.02. The van der Waals surface area contributed by atoms with Gasteiger partial charge >= 0.3 is 13.1 Å². The average molecular weight is 544 g/mol. The Bertz CT molecular complexity index is 1160. The van der Waals surface area contributed by atoms with E-state index in [0.717, 1.165) is 31.0 Å². The summed E-state index contributed by atoms with van der Waals surface area (Å²) in [6, 6.07) is 3.29. The van der Waals surface area contributed by atoms with Crippen molar-refractivity contribution in [3.63, 3.8) is 0 Å². The van der Waals surface area contributed by atoms with Gasteiger partial charge in [-0.05, 0) is 54.6 Å². The number of aliphatic hydroxyl groups is 1. The molecular formula is C29H38BFO6S. The minimum atomic E-state index is -1.31. The van der Waals surface area contributed by atoms with Crippen LogP contribution in [-0.2, 0) is 25.6 Å². The molecule has 1 aromatic carbocycles. The summed E-state index contributed by atoms with van der Waals surface area (Å²) in [6.07, 6.45) is 3.79. The van der Waals surface area contributed by atoms with Crippen molar-refractivity contribution in [2.75, 3.05) is 5.75 Å². The fourth-order valence-electron chi connectivity index (χ4n) is 8.20. The minimum Gasteiger partial charge on any atom is -0.461 e. The predicted octanol–water partition coefficient (Wildman–Crippen LogP) is 4.04. The Morgan fingerprint density at radius 3 is 2.79 bits per heavy atom. The smallest absolute Gasteiger partial charge is 0.461 e. The van der Waals surface area contributed by atoms with Crippen LogP contribution in [0.4, 0.5) is 4.39 Å². The number of fused-ring (bicyclic) bond motifs is 1. The number of thioether (sulfide) groups is 1. The molecule has 0 aromatic heterocycles. The van der Waals surface area contributed by atoms with Gasteiger partial charge < -0.3 is 19.5 Å². The SMILES string of the molecule is C=C[C@]1(C)CC(OC(=O)CSc2ccc3c(c2F)B(O)OC3)[C@]2(C)[C@H](C)CC[C@]3(CCC(=O)[C@H]32)[C@@H](C)[C@@H]1O. The average Bonchev–Trinajstić information content (AvgIpc) is 3.45. The zero-order valence-corrected chi connectivity index (χ0v) is 23.5. The van der Waals surface area contributed by atoms with Crippen LogP contribution < -0.4 is 5.46 Å². The molecule has 3 saturated carbocycles. The van der Waals surface area contributed by atoms with Gasteiger partial charge in [-0.1, -0.05) is 39.8 Å². The van der Waals surface area contributed by atoms with E-state index in [2.05, 4.69) is 27.4 Å². The lowest BCUT2D eigenvalue weighted by atomic mass is 9.44. The zero-order chi connectivity index (χ0) is 27.6. The Hall–Kier alpha value is -1.68. The highest BCUT2D eigenvalue weighted by Gasteiger charge is 2.68. The summed E-state index contributed by atoms with van der Waals surface area (Å²) in [7, 11) is -1.31. The molecule has 0 radical (unpaired) electrons. The first-order chi connectivity index (χ1) is 17.9. The van der Waals surface area contributed by atoms with Crippen molar-refractivity contribution >= 4 is 36.1 Å². The molecule has 1 unspecified atom stereocenters. The molecule has 3 aliphatic carbocycles. The second kappa shape index (κ2) is 9.75. The van der Waals surface area contributed by atoms with E-state index in [0.29, 0.717) is 18.4 Å². The lowest BCUT2D eigenvalue weighted by molar-refractivity contribution is -0.205. The van der Waals surface area contributed by atoms with E-state index >= 15 is 4.39 Å². The Labute approximate surface area is 228 Å². The minimum absolute atomic E-state index is 0.0944. The maximum absolute atomic E-state index is 15.0. The molecule has 1 aliphatic heterocycles. The van der Waals surface area contributed by atoms with Crippen LogP contribution in [0, 0.1) is 39.8 Å². The van der Waals surface area contributed by atoms with Crippen LogP contribution in [-0.4, -0.2) is 47.0 Å². The Kier molecular flexibility index (Phi) is 7.15. The maximum Gasteiger partial charge on any atom is 0.494 e. The number of Topliss-reactive ketones (excluding diaryl/α,β-unsaturated/α-hetero) is 1. The van der Waals surface area contributed by atoms with E-state index in [1.54, 1.807) is 18.2 Å². The van der Waals surface area contributed by atoms with E-state index in [9.17, 15) is 19.7 Å². The summed E-state index contributed by atoms with van der Waals surface area (Å²) in [5, 5.41) is 21.6. The van der Waals surface area contributed by atoms with Crippen molar-refractivity contribution in [1.82, 2.24) is 0 Å². The number of hydrogen-bond donors (Lipinski definition) is 2. The number of carbonyl (C=O) groups is 2. The molecule has 5 rings (SSSR count). The summed E-state index contributed by atoms with van der Waals surface area (Å²) in [4.78, 5) is 27.0. The van der Waals surface area contributed by atoms with Crippen LogP contribution in [0.25, 0.3) is 0 Å². The summed E-state index contributed by atoms with van der Waals surface area (Å²) in [5.74, 6) is -1.25. The van der Waals surface area contributed by atoms with Gasteiger partial charge in [-0.15, -0.1) is 18.3 Å². The van der Waals surface area contributed by atoms with Crippen LogP contribution in [0.15, 0.2) is 29.7 Å². The molecule has 2 N–H and O–H groups in total. The van der Waals surface area contributed by atoms with Gasteiger partial charge in [-0.2, -0.15) is 0 Å². The molecule has 1 heterocycles. The fourth-order valence-corrected chi connectivity index (χ4v) is 8.94. The van der Waals surface area contributed by atoms with Gasteiger partial charge in [0.15, 0.2) is 0 Å². The molecule has 2 bridgehead atoms. The molecule has 0 amide bonds. The number of benzene rings is 1. The quantitative estimate of drug-likeness (QED) is 0.250. The molecule has 38 heavy (non-hydrogen) atoms. The largest absolute Gasteiger partial charge is 0.494 e. The lowest BCUT2D eigenvalue weighted by Crippen LogP contribution is -2.63. The maximum atomic E-state index is 15.0. The van der Waals surface area contributed by atoms with Crippen molar-refractivity contribution in [1.29, 1.82) is 0 Å². The van der Waals surface area contributed by atoms with Crippen LogP contribution in [0.3, 0.4) is 0 Å². The van der Waals surface area contributed by atoms with Crippen molar-refractivity contribution < 1.29 is 33.5 Å². The molecule has 206 valence electrons. The highest BCUT2D eigenvalue weighted by Crippen LogP contribution is 2.68. The third-order valence-corrected chi connectivity index (χ3v) is 11.8. The molecule has 6 nitrogen and oxygen atoms in total. The third-order valence-electron chi connectivity index (χ3n) is 10.8. The van der Waals surface area contributed by atoms with Gasteiger partial charge in [0.1, 0.15) is 17.7 Å². The first-order valence-corrected chi connectivity index (χ1v) is 14.6.